The fraction of sp³-hybridized carbons (Fsp3) is 0.533. The summed E-state index contributed by atoms with van der Waals surface area (Å²) in [5.74, 6) is -0.249. The van der Waals surface area contributed by atoms with Crippen LogP contribution >= 0.6 is 0 Å². The molecular formula is C15H20N2O4. The smallest absolute Gasteiger partial charge is 0.308 e. The largest absolute Gasteiger partial charge is 0.469 e. The van der Waals surface area contributed by atoms with Gasteiger partial charge >= 0.3 is 5.97 Å². The molecule has 0 aliphatic carbocycles. The maximum atomic E-state index is 12.2. The number of carbonyl (C=O) groups excluding carboxylic acids is 2. The van der Waals surface area contributed by atoms with E-state index in [0.29, 0.717) is 32.5 Å². The third-order valence-corrected chi connectivity index (χ3v) is 3.43. The van der Waals surface area contributed by atoms with Gasteiger partial charge < -0.3 is 14.4 Å². The molecule has 6 nitrogen and oxygen atoms in total. The van der Waals surface area contributed by atoms with Crippen molar-refractivity contribution in [2.75, 3.05) is 26.8 Å². The van der Waals surface area contributed by atoms with E-state index in [9.17, 15) is 9.59 Å². The van der Waals surface area contributed by atoms with Crippen molar-refractivity contribution in [2.45, 2.75) is 25.4 Å². The molecule has 0 N–H and O–H groups in total. The molecule has 0 saturated carbocycles. The van der Waals surface area contributed by atoms with Gasteiger partial charge in [0.25, 0.3) is 0 Å². The Balaban J connectivity index is 1.80. The molecule has 1 aliphatic rings. The minimum absolute atomic E-state index is 0.0684. The van der Waals surface area contributed by atoms with Crippen molar-refractivity contribution in [3.63, 3.8) is 0 Å². The van der Waals surface area contributed by atoms with Gasteiger partial charge in [-0.25, -0.2) is 0 Å². The molecule has 0 radical (unpaired) electrons. The van der Waals surface area contributed by atoms with Gasteiger partial charge in [-0.05, 0) is 18.6 Å². The molecule has 1 aromatic rings. The molecule has 1 aliphatic heterocycles. The van der Waals surface area contributed by atoms with Crippen molar-refractivity contribution in [3.8, 4) is 0 Å². The van der Waals surface area contributed by atoms with E-state index in [2.05, 4.69) is 9.72 Å². The van der Waals surface area contributed by atoms with E-state index in [4.69, 9.17) is 4.74 Å². The van der Waals surface area contributed by atoms with E-state index in [-0.39, 0.29) is 24.4 Å². The lowest BCUT2D eigenvalue weighted by Crippen LogP contribution is -2.46. The second-order valence-corrected chi connectivity index (χ2v) is 4.93. The highest BCUT2D eigenvalue weighted by molar-refractivity contribution is 5.76. The summed E-state index contributed by atoms with van der Waals surface area (Å²) in [4.78, 5) is 29.4. The lowest BCUT2D eigenvalue weighted by molar-refractivity contribution is -0.150. The molecule has 1 fully saturated rings. The third kappa shape index (κ3) is 4.82. The molecule has 2 rings (SSSR count). The number of methoxy groups -OCH3 is 1. The summed E-state index contributed by atoms with van der Waals surface area (Å²) < 4.78 is 10.1. The number of aromatic nitrogens is 1. The number of morpholine rings is 1. The number of hydrogen-bond donors (Lipinski definition) is 0. The van der Waals surface area contributed by atoms with Crippen LogP contribution in [0.2, 0.25) is 0 Å². The summed E-state index contributed by atoms with van der Waals surface area (Å²) >= 11 is 0. The SMILES string of the molecule is COC(=O)CC1CN(C(=O)CCc2ccccn2)CCO1. The van der Waals surface area contributed by atoms with Crippen LogP contribution in [0.15, 0.2) is 24.4 Å². The van der Waals surface area contributed by atoms with Crippen molar-refractivity contribution >= 4 is 11.9 Å². The van der Waals surface area contributed by atoms with Crippen LogP contribution in [-0.2, 0) is 25.5 Å². The van der Waals surface area contributed by atoms with Crippen LogP contribution in [0.1, 0.15) is 18.5 Å². The topological polar surface area (TPSA) is 68.7 Å². The molecule has 0 aromatic carbocycles. The summed E-state index contributed by atoms with van der Waals surface area (Å²) in [5.41, 5.74) is 0.908. The highest BCUT2D eigenvalue weighted by atomic mass is 16.5. The Labute approximate surface area is 124 Å². The third-order valence-electron chi connectivity index (χ3n) is 3.43. The average Bonchev–Trinajstić information content (AvgIpc) is 2.53. The van der Waals surface area contributed by atoms with E-state index in [1.165, 1.54) is 7.11 Å². The molecule has 1 amide bonds. The first-order valence-electron chi connectivity index (χ1n) is 7.05. The number of esters is 1. The highest BCUT2D eigenvalue weighted by Crippen LogP contribution is 2.11. The van der Waals surface area contributed by atoms with Crippen molar-refractivity contribution in [3.05, 3.63) is 30.1 Å². The Bertz CT molecular complexity index is 478. The Hall–Kier alpha value is -1.95. The minimum Gasteiger partial charge on any atom is -0.469 e. The number of hydrogen-bond acceptors (Lipinski definition) is 5. The Morgan fingerprint density at radius 2 is 2.33 bits per heavy atom. The van der Waals surface area contributed by atoms with E-state index in [1.54, 1.807) is 11.1 Å². The van der Waals surface area contributed by atoms with E-state index >= 15 is 0 Å². The number of rotatable bonds is 5. The Morgan fingerprint density at radius 3 is 3.05 bits per heavy atom. The molecule has 2 heterocycles. The molecule has 1 unspecified atom stereocenters. The average molecular weight is 292 g/mol. The second kappa shape index (κ2) is 7.73. The second-order valence-electron chi connectivity index (χ2n) is 4.93. The van der Waals surface area contributed by atoms with Gasteiger partial charge in [-0.15, -0.1) is 0 Å². The quantitative estimate of drug-likeness (QED) is 0.751. The number of ether oxygens (including phenoxy) is 2. The minimum atomic E-state index is -0.317. The van der Waals surface area contributed by atoms with Crippen LogP contribution in [0.5, 0.6) is 0 Å². The number of amides is 1. The van der Waals surface area contributed by atoms with Gasteiger partial charge in [0.1, 0.15) is 0 Å². The van der Waals surface area contributed by atoms with Gasteiger partial charge in [0.05, 0.1) is 26.2 Å². The maximum Gasteiger partial charge on any atom is 0.308 e. The van der Waals surface area contributed by atoms with Crippen LogP contribution in [-0.4, -0.2) is 54.7 Å². The van der Waals surface area contributed by atoms with Crippen LogP contribution in [0.3, 0.4) is 0 Å². The molecular weight excluding hydrogens is 272 g/mol. The highest BCUT2D eigenvalue weighted by Gasteiger charge is 2.26. The fourth-order valence-electron chi connectivity index (χ4n) is 2.28. The summed E-state index contributed by atoms with van der Waals surface area (Å²) in [5, 5.41) is 0. The Kier molecular flexibility index (Phi) is 5.68. The predicted octanol–water partition coefficient (Wildman–Crippen LogP) is 0.805. The zero-order valence-corrected chi connectivity index (χ0v) is 12.2. The van der Waals surface area contributed by atoms with Crippen LogP contribution in [0.25, 0.3) is 0 Å². The van der Waals surface area contributed by atoms with E-state index < -0.39 is 0 Å². The molecule has 6 heteroatoms. The van der Waals surface area contributed by atoms with Gasteiger partial charge in [-0.1, -0.05) is 6.07 Å². The van der Waals surface area contributed by atoms with Crippen LogP contribution in [0, 0.1) is 0 Å². The first-order valence-corrected chi connectivity index (χ1v) is 7.05. The predicted molar refractivity (Wildman–Crippen MR) is 75.5 cm³/mol. The normalized spacial score (nSPS) is 18.3. The van der Waals surface area contributed by atoms with E-state index in [1.807, 2.05) is 18.2 Å². The van der Waals surface area contributed by atoms with Crippen LogP contribution in [0.4, 0.5) is 0 Å². The maximum absolute atomic E-state index is 12.2. The standard InChI is InChI=1S/C15H20N2O4/c1-20-15(19)10-13-11-17(8-9-21-13)14(18)6-5-12-4-2-3-7-16-12/h2-4,7,13H,5-6,8-11H2,1H3. The molecule has 1 atom stereocenters. The fourth-order valence-corrected chi connectivity index (χ4v) is 2.28. The van der Waals surface area contributed by atoms with E-state index in [0.717, 1.165) is 5.69 Å². The zero-order valence-electron chi connectivity index (χ0n) is 12.2. The van der Waals surface area contributed by atoms with Gasteiger partial charge in [0.2, 0.25) is 5.91 Å². The molecule has 0 bridgehead atoms. The summed E-state index contributed by atoms with van der Waals surface area (Å²) in [6.45, 7) is 1.46. The number of pyridine rings is 1. The number of carbonyl (C=O) groups is 2. The summed E-state index contributed by atoms with van der Waals surface area (Å²) in [6.07, 6.45) is 2.67. The van der Waals surface area contributed by atoms with Crippen molar-refractivity contribution in [2.24, 2.45) is 0 Å². The van der Waals surface area contributed by atoms with Crippen molar-refractivity contribution < 1.29 is 19.1 Å². The van der Waals surface area contributed by atoms with Gasteiger partial charge in [-0.2, -0.15) is 0 Å². The lowest BCUT2D eigenvalue weighted by Gasteiger charge is -2.32. The lowest BCUT2D eigenvalue weighted by atomic mass is 10.1. The molecule has 21 heavy (non-hydrogen) atoms. The summed E-state index contributed by atoms with van der Waals surface area (Å²) in [6, 6.07) is 5.67. The van der Waals surface area contributed by atoms with Gasteiger partial charge in [0.15, 0.2) is 0 Å². The van der Waals surface area contributed by atoms with Crippen molar-refractivity contribution in [1.29, 1.82) is 0 Å². The monoisotopic (exact) mass is 292 g/mol. The van der Waals surface area contributed by atoms with Crippen molar-refractivity contribution in [1.82, 2.24) is 9.88 Å². The molecule has 0 spiro atoms. The number of nitrogens with zero attached hydrogens (tertiary/aromatic N) is 2. The molecule has 1 saturated heterocycles. The Morgan fingerprint density at radius 1 is 1.48 bits per heavy atom. The molecule has 114 valence electrons. The van der Waals surface area contributed by atoms with Gasteiger partial charge in [0, 0.05) is 31.4 Å². The van der Waals surface area contributed by atoms with Crippen LogP contribution < -0.4 is 0 Å². The summed E-state index contributed by atoms with van der Waals surface area (Å²) in [7, 11) is 1.35. The first kappa shape index (κ1) is 15.4. The zero-order chi connectivity index (χ0) is 15.1. The molecule has 1 aromatic heterocycles. The first-order chi connectivity index (χ1) is 10.2. The number of aryl methyl sites for hydroxylation is 1. The van der Waals surface area contributed by atoms with Gasteiger partial charge in [-0.3, -0.25) is 14.6 Å².